The molecule has 1 aliphatic rings. The molecule has 0 spiro atoms. The third kappa shape index (κ3) is 4.43. The van der Waals surface area contributed by atoms with Gasteiger partial charge in [0.15, 0.2) is 5.76 Å². The van der Waals surface area contributed by atoms with Crippen molar-refractivity contribution in [3.05, 3.63) is 71.5 Å². The highest BCUT2D eigenvalue weighted by Crippen LogP contribution is 2.29. The number of aromatic nitrogens is 3. The molecule has 2 aromatic heterocycles. The van der Waals surface area contributed by atoms with Gasteiger partial charge in [0.25, 0.3) is 5.91 Å². The number of rotatable bonds is 5. The molecule has 1 saturated carbocycles. The molecule has 0 aliphatic heterocycles. The first-order valence-electron chi connectivity index (χ1n) is 10.6. The van der Waals surface area contributed by atoms with Crippen LogP contribution in [-0.2, 0) is 0 Å². The minimum Gasteiger partial charge on any atom is -0.460 e. The molecule has 32 heavy (non-hydrogen) atoms. The Kier molecular flexibility index (Phi) is 5.73. The first kappa shape index (κ1) is 20.5. The summed E-state index contributed by atoms with van der Waals surface area (Å²) in [6.45, 7) is 0. The van der Waals surface area contributed by atoms with E-state index in [2.05, 4.69) is 20.4 Å². The van der Waals surface area contributed by atoms with Crippen molar-refractivity contribution in [2.24, 2.45) is 0 Å². The molecule has 0 radical (unpaired) electrons. The minimum absolute atomic E-state index is 0.0334. The van der Waals surface area contributed by atoms with E-state index in [1.54, 1.807) is 6.07 Å². The molecule has 0 saturated heterocycles. The highest BCUT2D eigenvalue weighted by molar-refractivity contribution is 6.30. The van der Waals surface area contributed by atoms with E-state index in [1.807, 2.05) is 42.5 Å². The fourth-order valence-corrected chi connectivity index (χ4v) is 4.08. The maximum absolute atomic E-state index is 12.9. The van der Waals surface area contributed by atoms with E-state index in [-0.39, 0.29) is 18.1 Å². The van der Waals surface area contributed by atoms with Crippen LogP contribution in [0.1, 0.15) is 36.0 Å². The van der Waals surface area contributed by atoms with Crippen LogP contribution in [-0.4, -0.2) is 33.2 Å². The molecule has 1 N–H and O–H groups in total. The normalized spacial score (nSPS) is 18.4. The average Bonchev–Trinajstić information content (AvgIpc) is 3.26. The van der Waals surface area contributed by atoms with E-state index in [1.165, 1.54) is 12.4 Å². The predicted molar refractivity (Wildman–Crippen MR) is 121 cm³/mol. The van der Waals surface area contributed by atoms with Gasteiger partial charge in [0.2, 0.25) is 0 Å². The molecule has 4 aromatic rings. The summed E-state index contributed by atoms with van der Waals surface area (Å²) in [6, 6.07) is 15.6. The second-order valence-electron chi connectivity index (χ2n) is 7.86. The molecular formula is C24H21ClN4O3. The van der Waals surface area contributed by atoms with E-state index in [0.717, 1.165) is 42.1 Å². The summed E-state index contributed by atoms with van der Waals surface area (Å²) in [7, 11) is 0. The van der Waals surface area contributed by atoms with Gasteiger partial charge >= 0.3 is 6.01 Å². The Bertz CT molecular complexity index is 1220. The van der Waals surface area contributed by atoms with Crippen LogP contribution in [0.4, 0.5) is 0 Å². The lowest BCUT2D eigenvalue weighted by molar-refractivity contribution is 0.0885. The molecule has 5 rings (SSSR count). The zero-order valence-electron chi connectivity index (χ0n) is 17.2. The molecule has 162 valence electrons. The first-order valence-corrected chi connectivity index (χ1v) is 10.9. The Morgan fingerprint density at radius 2 is 1.78 bits per heavy atom. The standard InChI is InChI=1S/C24H21ClN4O3/c25-17-13-26-24(27-14-17)31-19-9-7-18(8-10-19)28-23(30)16-6-11-21-20(12-16)22(32-29-21)15-4-2-1-3-5-15/h1-6,11-14,18-19H,7-10H2,(H,28,30). The summed E-state index contributed by atoms with van der Waals surface area (Å²) in [4.78, 5) is 21.1. The SMILES string of the molecule is O=C(NC1CCC(Oc2ncc(Cl)cn2)CC1)c1ccc2noc(-c3ccccc3)c2c1. The van der Waals surface area contributed by atoms with Crippen molar-refractivity contribution in [1.29, 1.82) is 0 Å². The van der Waals surface area contributed by atoms with Gasteiger partial charge in [-0.15, -0.1) is 0 Å². The molecule has 2 heterocycles. The lowest BCUT2D eigenvalue weighted by atomic mass is 9.92. The molecule has 8 heteroatoms. The van der Waals surface area contributed by atoms with E-state index < -0.39 is 0 Å². The van der Waals surface area contributed by atoms with Crippen LogP contribution in [0, 0.1) is 0 Å². The van der Waals surface area contributed by atoms with Crippen LogP contribution in [0.2, 0.25) is 5.02 Å². The van der Waals surface area contributed by atoms with Crippen molar-refractivity contribution in [1.82, 2.24) is 20.4 Å². The maximum atomic E-state index is 12.9. The Hall–Kier alpha value is -3.45. The summed E-state index contributed by atoms with van der Waals surface area (Å²) in [5.74, 6) is 0.565. The topological polar surface area (TPSA) is 90.1 Å². The zero-order chi connectivity index (χ0) is 21.9. The minimum atomic E-state index is -0.0995. The lowest BCUT2D eigenvalue weighted by Crippen LogP contribution is -2.39. The molecule has 0 bridgehead atoms. The highest BCUT2D eigenvalue weighted by Gasteiger charge is 2.25. The van der Waals surface area contributed by atoms with Crippen molar-refractivity contribution in [2.45, 2.75) is 37.8 Å². The van der Waals surface area contributed by atoms with Gasteiger partial charge in [0, 0.05) is 17.2 Å². The second kappa shape index (κ2) is 8.96. The highest BCUT2D eigenvalue weighted by atomic mass is 35.5. The molecule has 1 aliphatic carbocycles. The molecule has 1 fully saturated rings. The summed E-state index contributed by atoms with van der Waals surface area (Å²) < 4.78 is 11.4. The Morgan fingerprint density at radius 3 is 2.53 bits per heavy atom. The quantitative estimate of drug-likeness (QED) is 0.459. The number of hydrogen-bond acceptors (Lipinski definition) is 6. The van der Waals surface area contributed by atoms with Crippen molar-refractivity contribution < 1.29 is 14.1 Å². The van der Waals surface area contributed by atoms with Gasteiger partial charge in [-0.05, 0) is 43.9 Å². The lowest BCUT2D eigenvalue weighted by Gasteiger charge is -2.28. The van der Waals surface area contributed by atoms with Crippen LogP contribution in [0.5, 0.6) is 6.01 Å². The van der Waals surface area contributed by atoms with Crippen LogP contribution >= 0.6 is 11.6 Å². The van der Waals surface area contributed by atoms with Gasteiger partial charge in [-0.3, -0.25) is 4.79 Å². The number of amides is 1. The number of ether oxygens (including phenoxy) is 1. The van der Waals surface area contributed by atoms with Crippen molar-refractivity contribution in [2.75, 3.05) is 0 Å². The van der Waals surface area contributed by atoms with Gasteiger partial charge in [-0.2, -0.15) is 0 Å². The third-order valence-corrected chi connectivity index (χ3v) is 5.85. The zero-order valence-corrected chi connectivity index (χ0v) is 18.0. The van der Waals surface area contributed by atoms with Crippen molar-refractivity contribution >= 4 is 28.4 Å². The van der Waals surface area contributed by atoms with Crippen LogP contribution in [0.3, 0.4) is 0 Å². The summed E-state index contributed by atoms with van der Waals surface area (Å²) >= 11 is 5.81. The Morgan fingerprint density at radius 1 is 1.03 bits per heavy atom. The molecule has 0 unspecified atom stereocenters. The van der Waals surface area contributed by atoms with Gasteiger partial charge in [-0.25, -0.2) is 9.97 Å². The van der Waals surface area contributed by atoms with Gasteiger partial charge < -0.3 is 14.6 Å². The molecular weight excluding hydrogens is 428 g/mol. The molecule has 1 amide bonds. The summed E-state index contributed by atoms with van der Waals surface area (Å²) in [5.41, 5.74) is 2.24. The van der Waals surface area contributed by atoms with Crippen LogP contribution in [0.15, 0.2) is 65.4 Å². The predicted octanol–water partition coefficient (Wildman–Crippen LogP) is 5.06. The summed E-state index contributed by atoms with van der Waals surface area (Å²) in [5, 5.41) is 8.57. The number of nitrogens with one attached hydrogen (secondary N) is 1. The van der Waals surface area contributed by atoms with Gasteiger partial charge in [-0.1, -0.05) is 47.1 Å². The van der Waals surface area contributed by atoms with E-state index in [4.69, 9.17) is 20.9 Å². The Labute approximate surface area is 189 Å². The largest absolute Gasteiger partial charge is 0.460 e. The number of carbonyl (C=O) groups is 1. The number of halogens is 1. The van der Waals surface area contributed by atoms with Crippen LogP contribution < -0.4 is 10.1 Å². The van der Waals surface area contributed by atoms with E-state index in [9.17, 15) is 4.79 Å². The number of benzene rings is 2. The second-order valence-corrected chi connectivity index (χ2v) is 8.29. The van der Waals surface area contributed by atoms with Crippen molar-refractivity contribution in [3.8, 4) is 17.3 Å². The summed E-state index contributed by atoms with van der Waals surface area (Å²) in [6.07, 6.45) is 6.37. The number of carbonyl (C=O) groups excluding carboxylic acids is 1. The van der Waals surface area contributed by atoms with E-state index in [0.29, 0.717) is 22.4 Å². The number of nitrogens with zero attached hydrogens (tertiary/aromatic N) is 3. The third-order valence-electron chi connectivity index (χ3n) is 5.65. The average molecular weight is 449 g/mol. The Balaban J connectivity index is 1.22. The maximum Gasteiger partial charge on any atom is 0.316 e. The number of hydrogen-bond donors (Lipinski definition) is 1. The molecule has 0 atom stereocenters. The first-order chi connectivity index (χ1) is 15.7. The fourth-order valence-electron chi connectivity index (χ4n) is 3.98. The monoisotopic (exact) mass is 448 g/mol. The van der Waals surface area contributed by atoms with Gasteiger partial charge in [0.05, 0.1) is 22.8 Å². The molecule has 2 aromatic carbocycles. The van der Waals surface area contributed by atoms with Crippen molar-refractivity contribution in [3.63, 3.8) is 0 Å². The van der Waals surface area contributed by atoms with Gasteiger partial charge in [0.1, 0.15) is 11.6 Å². The fraction of sp³-hybridized carbons (Fsp3) is 0.250. The molecule has 7 nitrogen and oxygen atoms in total. The number of fused-ring (bicyclic) bond motifs is 1. The smallest absolute Gasteiger partial charge is 0.316 e. The van der Waals surface area contributed by atoms with E-state index >= 15 is 0 Å². The van der Waals surface area contributed by atoms with Crippen LogP contribution in [0.25, 0.3) is 22.2 Å².